The second-order valence-electron chi connectivity index (χ2n) is 0.354. The van der Waals surface area contributed by atoms with E-state index in [4.69, 9.17) is 0 Å². The first-order valence-corrected chi connectivity index (χ1v) is 0.854. The zero-order chi connectivity index (χ0) is 2.71. The first kappa shape index (κ1) is 51.3. The summed E-state index contributed by atoms with van der Waals surface area (Å²) in [7, 11) is 0. The van der Waals surface area contributed by atoms with E-state index in [0.29, 0.717) is 0 Å². The van der Waals surface area contributed by atoms with Crippen molar-refractivity contribution >= 4 is 0 Å². The molecule has 0 heterocycles. The minimum atomic E-state index is 0. The maximum atomic E-state index is 3.24. The van der Waals surface area contributed by atoms with Gasteiger partial charge < -0.3 is 13.5 Å². The zero-order valence-corrected chi connectivity index (χ0v) is 10.3. The molecule has 0 aliphatic heterocycles. The molecule has 0 aromatic rings. The average Bonchev–Trinajstić information content (AvgIpc) is 0.918. The third kappa shape index (κ3) is 0.945. The Morgan fingerprint density at radius 2 is 1.60 bits per heavy atom. The van der Waals surface area contributed by atoms with Gasteiger partial charge in [0.25, 0.3) is 0 Å². The normalized spacial score (nSPS) is 2.60. The predicted molar refractivity (Wildman–Crippen MR) is 21.0 cm³/mol. The summed E-state index contributed by atoms with van der Waals surface area (Å²) in [5.41, 5.74) is 0. The Hall–Kier alpha value is -1.26. The van der Waals surface area contributed by atoms with Crippen LogP contribution in [0.3, 0.4) is 0 Å². The van der Waals surface area contributed by atoms with Crippen LogP contribution in [0.5, 0.6) is 0 Å². The Balaban J connectivity index is -0.0000000200. The van der Waals surface area contributed by atoms with Crippen LogP contribution < -0.4 is 0 Å². The number of allylic oxidation sites excluding steroid dienone is 1. The quantitative estimate of drug-likeness (QED) is 0.592. The molecule has 1 heteroatoms. The maximum absolute atomic E-state index is 3.24. The number of hydrogen-bond acceptors (Lipinski definition) is 0. The number of hydrogen-bond donors (Lipinski definition) is 0. The van der Waals surface area contributed by atoms with Gasteiger partial charge in [-0.25, -0.2) is 0 Å². The van der Waals surface area contributed by atoms with Crippen LogP contribution in [0.1, 0.15) is 6.92 Å². The Morgan fingerprint density at radius 3 is 1.60 bits per heavy atom. The van der Waals surface area contributed by atoms with Gasteiger partial charge in [0, 0.05) is 0 Å². The van der Waals surface area contributed by atoms with Crippen molar-refractivity contribution in [2.24, 2.45) is 0 Å². The first-order chi connectivity index (χ1) is 1.41. The Kier molecular flexibility index (Phi) is 1260. The van der Waals surface area contributed by atoms with Crippen molar-refractivity contribution in [1.82, 2.24) is 0 Å². The van der Waals surface area contributed by atoms with Crippen molar-refractivity contribution in [3.63, 3.8) is 0 Å². The summed E-state index contributed by atoms with van der Waals surface area (Å²) in [4.78, 5) is 0. The fourth-order valence-electron chi connectivity index (χ4n) is 0. The Labute approximate surface area is 28.2 Å². The molecule has 0 N–H and O–H groups in total. The number of rotatable bonds is 0. The van der Waals surface area contributed by atoms with Gasteiger partial charge in [0.15, 0.2) is 0 Å². The van der Waals surface area contributed by atoms with E-state index >= 15 is 0 Å². The molecule has 0 nitrogen and oxygen atoms in total. The summed E-state index contributed by atoms with van der Waals surface area (Å²) in [5, 5.41) is 0. The maximum Gasteiger partial charge on any atom is 0 e. The van der Waals surface area contributed by atoms with Gasteiger partial charge in [0.05, 0.1) is 0 Å². The van der Waals surface area contributed by atoms with Crippen LogP contribution in [0.4, 0.5) is 0 Å². The van der Waals surface area contributed by atoms with E-state index in [1.807, 2.05) is 0 Å². The van der Waals surface area contributed by atoms with Crippen LogP contribution in [0.2, 0.25) is 0 Å². The van der Waals surface area contributed by atoms with E-state index in [1.54, 1.807) is 6.92 Å². The zero-order valence-electron chi connectivity index (χ0n) is 3.91. The molecule has 0 radical (unpaired) electrons. The molecule has 0 aromatic heterocycles. The van der Waals surface area contributed by atoms with Gasteiger partial charge in [0.1, 0.15) is 0 Å². The van der Waals surface area contributed by atoms with Gasteiger partial charge in [-0.15, -0.1) is 0 Å². The molecular formula is C4H8Rf-2. The van der Waals surface area contributed by atoms with Crippen LogP contribution in [0, 0.1) is 13.5 Å². The van der Waals surface area contributed by atoms with Gasteiger partial charge in [-0.1, -0.05) is 0 Å². The van der Waals surface area contributed by atoms with Crippen LogP contribution in [0.15, 0.2) is 6.58 Å². The summed E-state index contributed by atoms with van der Waals surface area (Å²) in [5.74, 6) is 0. The molecule has 0 rings (SSSR count). The fraction of sp³-hybridized carbons (Fsp3) is 0.250. The van der Waals surface area contributed by atoms with Crippen molar-refractivity contribution in [3.05, 3.63) is 20.1 Å². The molecule has 0 unspecified atom stereocenters. The first-order valence-electron chi connectivity index (χ1n) is 0.854. The van der Waals surface area contributed by atoms with E-state index < -0.39 is 0 Å². The van der Waals surface area contributed by atoms with Crippen molar-refractivity contribution in [2.75, 3.05) is 0 Å². The molecule has 0 bridgehead atoms. The summed E-state index contributed by atoms with van der Waals surface area (Å²) in [6.45, 7) is 5.00. The van der Waals surface area contributed by atoms with E-state index in [0.717, 1.165) is 0 Å². The second kappa shape index (κ2) is 123. The van der Waals surface area contributed by atoms with Crippen LogP contribution >= 0.6 is 0 Å². The van der Waals surface area contributed by atoms with E-state index in [-0.39, 0.29) is 7.43 Å². The molecule has 0 aliphatic rings. The molecule has 0 fully saturated rings. The average molecular weight is 323 g/mol. The Bertz CT molecular complexity index is 11.1. The fourth-order valence-corrected chi connectivity index (χ4v) is 0. The van der Waals surface area contributed by atoms with Crippen molar-refractivity contribution < 1.29 is 0 Å². The standard InChI is InChI=1S/C3H5.CH3.Rf/c1-3-2;;/h1H2,2H3;1H3;/q2*-1;. The van der Waals surface area contributed by atoms with Crippen molar-refractivity contribution in [2.45, 2.75) is 6.92 Å². The summed E-state index contributed by atoms with van der Waals surface area (Å²) in [6.07, 6.45) is 2.50. The van der Waals surface area contributed by atoms with Gasteiger partial charge in [-0.05, 0) is 0 Å². The van der Waals surface area contributed by atoms with Crippen LogP contribution in [-0.4, -0.2) is 0 Å². The van der Waals surface area contributed by atoms with Gasteiger partial charge in [0.2, 0.25) is 0 Å². The van der Waals surface area contributed by atoms with E-state index in [1.165, 1.54) is 0 Å². The smallest absolute Gasteiger partial charge is 0 e. The molecule has 0 saturated heterocycles. The minimum Gasteiger partial charge on any atom is -0.507 e. The van der Waals surface area contributed by atoms with Crippen LogP contribution in [-0.2, 0) is 0 Å². The second-order valence-corrected chi connectivity index (χ2v) is 0.354. The molecule has 5 heavy (non-hydrogen) atoms. The molecule has 0 saturated carbocycles. The predicted octanol–water partition coefficient (Wildman–Crippen LogP) is 1.45. The van der Waals surface area contributed by atoms with Crippen LogP contribution in [0.25, 0.3) is 0 Å². The molecule has 0 aliphatic carbocycles. The molecule has 0 spiro atoms. The topological polar surface area (TPSA) is 0 Å². The molecule has 0 atom stereocenters. The summed E-state index contributed by atoms with van der Waals surface area (Å²) in [6, 6.07) is 0. The third-order valence-corrected chi connectivity index (χ3v) is 0. The summed E-state index contributed by atoms with van der Waals surface area (Å²) >= 11 is 0. The van der Waals surface area contributed by atoms with Gasteiger partial charge in [-0.2, -0.15) is 6.92 Å². The third-order valence-electron chi connectivity index (χ3n) is 0. The van der Waals surface area contributed by atoms with E-state index in [9.17, 15) is 0 Å². The monoisotopic (exact) mass is 323 g/mol. The van der Waals surface area contributed by atoms with Gasteiger partial charge in [-0.3, -0.25) is 6.58 Å². The van der Waals surface area contributed by atoms with Gasteiger partial charge >= 0.3 is 0 Å². The molecule has 0 amide bonds. The minimum absolute atomic E-state index is 0. The van der Waals surface area contributed by atoms with E-state index in [2.05, 4.69) is 12.7 Å². The van der Waals surface area contributed by atoms with Crippen molar-refractivity contribution in [1.29, 1.82) is 0 Å². The molecule has 28 valence electrons. The Morgan fingerprint density at radius 1 is 1.60 bits per heavy atom. The van der Waals surface area contributed by atoms with Crippen molar-refractivity contribution in [3.8, 4) is 0 Å². The SMILES string of the molecule is C=[C-]C.[CH3-].[Rf]. The summed E-state index contributed by atoms with van der Waals surface area (Å²) < 4.78 is 0. The largest absolute Gasteiger partial charge is 0.507 e. The molecule has 0 aromatic carbocycles. The molecular weight excluding hydrogens is 315 g/mol.